The molecule has 0 spiro atoms. The lowest BCUT2D eigenvalue weighted by atomic mass is 10.3. The lowest BCUT2D eigenvalue weighted by Gasteiger charge is -1.82. The van der Waals surface area contributed by atoms with Crippen LogP contribution in [0.3, 0.4) is 0 Å². The molecule has 11 heavy (non-hydrogen) atoms. The van der Waals surface area contributed by atoms with Gasteiger partial charge in [0.2, 0.25) is 0 Å². The van der Waals surface area contributed by atoms with E-state index in [1.807, 2.05) is 25.1 Å². The Balaban J connectivity index is 2.45. The molecular formula is C8H7NO2. The first kappa shape index (κ1) is 6.22. The van der Waals surface area contributed by atoms with Crippen molar-refractivity contribution in [2.24, 2.45) is 0 Å². The van der Waals surface area contributed by atoms with Gasteiger partial charge in [-0.25, -0.2) is 0 Å². The molecule has 0 aliphatic carbocycles. The first-order valence-corrected chi connectivity index (χ1v) is 3.33. The summed E-state index contributed by atoms with van der Waals surface area (Å²) in [6.07, 6.45) is 1.61. The Morgan fingerprint density at radius 2 is 2.36 bits per heavy atom. The fourth-order valence-corrected chi connectivity index (χ4v) is 0.907. The van der Waals surface area contributed by atoms with Gasteiger partial charge in [0, 0.05) is 6.07 Å². The number of hydrogen-bond donors (Lipinski definition) is 0. The molecule has 0 aromatic carbocycles. The Kier molecular flexibility index (Phi) is 1.28. The van der Waals surface area contributed by atoms with Crippen molar-refractivity contribution >= 4 is 0 Å². The van der Waals surface area contributed by atoms with Gasteiger partial charge in [0.1, 0.15) is 11.5 Å². The fourth-order valence-electron chi connectivity index (χ4n) is 0.907. The third-order valence-electron chi connectivity index (χ3n) is 1.40. The molecule has 0 aliphatic rings. The second-order valence-corrected chi connectivity index (χ2v) is 2.30. The summed E-state index contributed by atoms with van der Waals surface area (Å²) in [5, 5.41) is 3.79. The number of hydrogen-bond acceptors (Lipinski definition) is 3. The third-order valence-corrected chi connectivity index (χ3v) is 1.40. The summed E-state index contributed by atoms with van der Waals surface area (Å²) >= 11 is 0. The summed E-state index contributed by atoms with van der Waals surface area (Å²) in [5.41, 5.74) is 0.743. The van der Waals surface area contributed by atoms with Gasteiger partial charge in [0.15, 0.2) is 5.76 Å². The number of rotatable bonds is 1. The zero-order valence-corrected chi connectivity index (χ0v) is 6.07. The lowest BCUT2D eigenvalue weighted by molar-refractivity contribution is 0.397. The molecule has 3 heteroatoms. The monoisotopic (exact) mass is 149 g/mol. The maximum atomic E-state index is 5.11. The zero-order chi connectivity index (χ0) is 7.68. The van der Waals surface area contributed by atoms with Crippen LogP contribution < -0.4 is 0 Å². The quantitative estimate of drug-likeness (QED) is 0.624. The Morgan fingerprint density at radius 3 is 2.91 bits per heavy atom. The van der Waals surface area contributed by atoms with Crippen molar-refractivity contribution in [1.29, 1.82) is 0 Å². The molecule has 0 radical (unpaired) electrons. The zero-order valence-electron chi connectivity index (χ0n) is 6.07. The van der Waals surface area contributed by atoms with Crippen molar-refractivity contribution < 1.29 is 8.94 Å². The van der Waals surface area contributed by atoms with E-state index in [4.69, 9.17) is 8.94 Å². The molecule has 0 aliphatic heterocycles. The molecule has 0 N–H and O–H groups in total. The van der Waals surface area contributed by atoms with Gasteiger partial charge in [-0.15, -0.1) is 0 Å². The highest BCUT2D eigenvalue weighted by Gasteiger charge is 2.04. The topological polar surface area (TPSA) is 39.2 Å². The smallest absolute Gasteiger partial charge is 0.155 e. The molecule has 0 fully saturated rings. The van der Waals surface area contributed by atoms with Crippen LogP contribution in [0.25, 0.3) is 11.5 Å². The van der Waals surface area contributed by atoms with Crippen LogP contribution in [-0.4, -0.2) is 5.16 Å². The van der Waals surface area contributed by atoms with Crippen molar-refractivity contribution in [2.75, 3.05) is 0 Å². The van der Waals surface area contributed by atoms with Crippen LogP contribution in [0.15, 0.2) is 33.4 Å². The maximum absolute atomic E-state index is 5.11. The molecule has 0 saturated carbocycles. The van der Waals surface area contributed by atoms with Gasteiger partial charge in [-0.2, -0.15) is 0 Å². The lowest BCUT2D eigenvalue weighted by Crippen LogP contribution is -1.68. The van der Waals surface area contributed by atoms with E-state index in [1.54, 1.807) is 6.26 Å². The third kappa shape index (κ3) is 1.05. The van der Waals surface area contributed by atoms with Crippen molar-refractivity contribution in [2.45, 2.75) is 6.92 Å². The molecule has 0 bridgehead atoms. The molecule has 2 aromatic rings. The maximum Gasteiger partial charge on any atom is 0.155 e. The van der Waals surface area contributed by atoms with Crippen LogP contribution in [0, 0.1) is 6.92 Å². The van der Waals surface area contributed by atoms with E-state index >= 15 is 0 Å². The average molecular weight is 149 g/mol. The predicted molar refractivity (Wildman–Crippen MR) is 38.9 cm³/mol. The summed E-state index contributed by atoms with van der Waals surface area (Å²) in [6, 6.07) is 5.50. The van der Waals surface area contributed by atoms with E-state index in [0.717, 1.165) is 17.2 Å². The van der Waals surface area contributed by atoms with Gasteiger partial charge in [0.25, 0.3) is 0 Å². The highest BCUT2D eigenvalue weighted by molar-refractivity contribution is 5.50. The van der Waals surface area contributed by atoms with E-state index in [2.05, 4.69) is 5.16 Å². The number of nitrogens with zero attached hydrogens (tertiary/aromatic N) is 1. The predicted octanol–water partition coefficient (Wildman–Crippen LogP) is 2.24. The summed E-state index contributed by atoms with van der Waals surface area (Å²) in [5.74, 6) is 1.53. The minimum absolute atomic E-state index is 0.738. The second-order valence-electron chi connectivity index (χ2n) is 2.30. The normalized spacial score (nSPS) is 10.3. The molecular weight excluding hydrogens is 142 g/mol. The van der Waals surface area contributed by atoms with Crippen molar-refractivity contribution in [3.8, 4) is 11.5 Å². The molecule has 0 atom stereocenters. The Labute approximate surface area is 63.6 Å². The van der Waals surface area contributed by atoms with E-state index in [0.29, 0.717) is 0 Å². The van der Waals surface area contributed by atoms with Gasteiger partial charge >= 0.3 is 0 Å². The van der Waals surface area contributed by atoms with Gasteiger partial charge in [0.05, 0.1) is 6.26 Å². The van der Waals surface area contributed by atoms with E-state index in [-0.39, 0.29) is 0 Å². The Bertz CT molecular complexity index is 335. The number of furan rings is 1. The summed E-state index contributed by atoms with van der Waals surface area (Å²) < 4.78 is 9.99. The standard InChI is InChI=1S/C8H7NO2/c1-6-5-7(9-11-6)8-3-2-4-10-8/h2-5H,1H3. The highest BCUT2D eigenvalue weighted by atomic mass is 16.5. The average Bonchev–Trinajstić information content (AvgIpc) is 2.55. The van der Waals surface area contributed by atoms with Crippen molar-refractivity contribution in [1.82, 2.24) is 5.16 Å². The Morgan fingerprint density at radius 1 is 1.45 bits per heavy atom. The van der Waals surface area contributed by atoms with Crippen molar-refractivity contribution in [3.05, 3.63) is 30.2 Å². The molecule has 56 valence electrons. The largest absolute Gasteiger partial charge is 0.463 e. The second kappa shape index (κ2) is 2.27. The Hall–Kier alpha value is -1.51. The molecule has 2 rings (SSSR count). The van der Waals surface area contributed by atoms with E-state index in [9.17, 15) is 0 Å². The highest BCUT2D eigenvalue weighted by Crippen LogP contribution is 2.18. The molecule has 0 unspecified atom stereocenters. The van der Waals surface area contributed by atoms with Gasteiger partial charge in [-0.1, -0.05) is 5.16 Å². The molecule has 2 heterocycles. The fraction of sp³-hybridized carbons (Fsp3) is 0.125. The van der Waals surface area contributed by atoms with E-state index < -0.39 is 0 Å². The van der Waals surface area contributed by atoms with Crippen LogP contribution in [-0.2, 0) is 0 Å². The number of aryl methyl sites for hydroxylation is 1. The minimum atomic E-state index is 0.738. The SMILES string of the molecule is Cc1cc(-c2ccco2)no1. The van der Waals surface area contributed by atoms with Gasteiger partial charge in [-0.05, 0) is 19.1 Å². The van der Waals surface area contributed by atoms with Crippen LogP contribution in [0.4, 0.5) is 0 Å². The molecule has 3 nitrogen and oxygen atoms in total. The van der Waals surface area contributed by atoms with Crippen molar-refractivity contribution in [3.63, 3.8) is 0 Å². The van der Waals surface area contributed by atoms with Gasteiger partial charge < -0.3 is 8.94 Å². The first-order chi connectivity index (χ1) is 5.36. The van der Waals surface area contributed by atoms with E-state index in [1.165, 1.54) is 0 Å². The summed E-state index contributed by atoms with van der Waals surface area (Å²) in [7, 11) is 0. The first-order valence-electron chi connectivity index (χ1n) is 3.33. The summed E-state index contributed by atoms with van der Waals surface area (Å²) in [4.78, 5) is 0. The molecule has 2 aromatic heterocycles. The van der Waals surface area contributed by atoms with Crippen LogP contribution in [0.5, 0.6) is 0 Å². The minimum Gasteiger partial charge on any atom is -0.463 e. The molecule has 0 saturated heterocycles. The van der Waals surface area contributed by atoms with Crippen LogP contribution in [0.1, 0.15) is 5.76 Å². The van der Waals surface area contributed by atoms with Gasteiger partial charge in [-0.3, -0.25) is 0 Å². The van der Waals surface area contributed by atoms with Crippen LogP contribution in [0.2, 0.25) is 0 Å². The number of aromatic nitrogens is 1. The molecule has 0 amide bonds. The summed E-state index contributed by atoms with van der Waals surface area (Å²) in [6.45, 7) is 1.85. The van der Waals surface area contributed by atoms with Crippen LogP contribution >= 0.6 is 0 Å².